The first kappa shape index (κ1) is 63.6. The molecule has 2 aromatic carbocycles. The third kappa shape index (κ3) is 18.5. The number of rotatable bonds is 6. The van der Waals surface area contributed by atoms with Crippen molar-refractivity contribution in [3.8, 4) is 11.1 Å². The maximum atomic E-state index is 13.5. The number of hydrogen-bond donors (Lipinski definition) is 11. The third-order valence-electron chi connectivity index (χ3n) is 15.3. The van der Waals surface area contributed by atoms with Gasteiger partial charge in [0.25, 0.3) is 0 Å². The number of fused-ring (bicyclic) bond motifs is 5. The molecule has 3 heterocycles. The van der Waals surface area contributed by atoms with Crippen LogP contribution in [0.15, 0.2) is 145 Å². The van der Waals surface area contributed by atoms with Crippen molar-refractivity contribution in [3.05, 3.63) is 157 Å². The summed E-state index contributed by atoms with van der Waals surface area (Å²) in [6, 6.07) is 14.5. The van der Waals surface area contributed by atoms with E-state index in [0.717, 1.165) is 22.3 Å². The summed E-state index contributed by atoms with van der Waals surface area (Å²) < 4.78 is 30.0. The number of ether oxygens (including phenoxy) is 5. The van der Waals surface area contributed by atoms with Gasteiger partial charge in [0.2, 0.25) is 0 Å². The number of cyclic esters (lactones) is 1. The molecular weight excluding hydrogens is 1030 g/mol. The van der Waals surface area contributed by atoms with Crippen molar-refractivity contribution in [1.29, 1.82) is 0 Å². The monoisotopic (exact) mass is 1110 g/mol. The molecule has 1 fully saturated rings. The maximum Gasteiger partial charge on any atom is 0.407 e. The zero-order valence-electron chi connectivity index (χ0n) is 45.9. The fourth-order valence-corrected chi connectivity index (χ4v) is 10.4. The minimum Gasteiger partial charge on any atom is -0.494 e. The summed E-state index contributed by atoms with van der Waals surface area (Å²) in [6.07, 6.45) is 7.44. The highest BCUT2D eigenvalue weighted by molar-refractivity contribution is 5.79. The Balaban J connectivity index is 1.16. The molecule has 0 aromatic heterocycles. The van der Waals surface area contributed by atoms with E-state index < -0.39 is 129 Å². The quantitative estimate of drug-likeness (QED) is 0.170. The van der Waals surface area contributed by atoms with Gasteiger partial charge in [-0.25, -0.2) is 4.79 Å². The first-order valence-electron chi connectivity index (χ1n) is 27.8. The zero-order valence-corrected chi connectivity index (χ0v) is 45.9. The Labute approximate surface area is 469 Å². The van der Waals surface area contributed by atoms with Crippen molar-refractivity contribution in [2.24, 2.45) is 17.8 Å². The van der Waals surface area contributed by atoms with E-state index >= 15 is 0 Å². The Morgan fingerprint density at radius 2 is 1.20 bits per heavy atom. The number of carbonyl (C=O) groups is 2. The lowest BCUT2D eigenvalue weighted by atomic mass is 9.88. The van der Waals surface area contributed by atoms with Crippen molar-refractivity contribution in [2.75, 3.05) is 13.2 Å². The molecule has 2 bridgehead atoms. The number of alkyl carbamates (subject to hydrolysis) is 1. The van der Waals surface area contributed by atoms with Crippen LogP contribution in [0.1, 0.15) is 89.7 Å². The van der Waals surface area contributed by atoms with Crippen molar-refractivity contribution in [3.63, 3.8) is 0 Å². The minimum absolute atomic E-state index is 0.00921. The van der Waals surface area contributed by atoms with Gasteiger partial charge >= 0.3 is 12.1 Å². The smallest absolute Gasteiger partial charge is 0.407 e. The maximum absolute atomic E-state index is 13.5. The number of nitrogens with one attached hydrogen (secondary N) is 1. The molecule has 2 aromatic rings. The lowest BCUT2D eigenvalue weighted by molar-refractivity contribution is -0.280. The fourth-order valence-electron chi connectivity index (χ4n) is 10.4. The molecular formula is C62H83NO17. The van der Waals surface area contributed by atoms with Gasteiger partial charge in [0.05, 0.1) is 79.8 Å². The molecule has 0 radical (unpaired) electrons. The van der Waals surface area contributed by atoms with Gasteiger partial charge in [-0.1, -0.05) is 147 Å². The number of aliphatic hydroxyl groups excluding tert-OH is 10. The van der Waals surface area contributed by atoms with Gasteiger partial charge in [0, 0.05) is 42.9 Å². The number of esters is 1. The Hall–Kier alpha value is -5.58. The second-order valence-corrected chi connectivity index (χ2v) is 21.4. The normalized spacial score (nSPS) is 37.6. The standard InChI is InChI=1S/C62H83NO17/c1-37-21-15-13-11-9-7-5-6-8-10-12-14-16-22-44(80-61-60(74)57(59(73)40(4)78-61)63-62(75)76-36-51-48-25-19-17-23-46(48)47-24-18-20-26-49(47)51)34-55-50(35-64)53(69)33-45(79-55)30-43(67)31-54(70)52(68)28-27-41(65)29-42(66)32-56(71)77-39(3)38(2)58(37)72/h5-26,33,37-44,50-55,57-61,64-70,72-74H,27-32,34-36H2,1-4H3,(H,63,75)/b6-5+,9-7+,10-8+,13-11+,14-12+,21-15+,22-16+. The molecule has 18 atom stereocenters. The highest BCUT2D eigenvalue weighted by atomic mass is 16.7. The molecule has 0 spiro atoms. The summed E-state index contributed by atoms with van der Waals surface area (Å²) in [6.45, 7) is 6.30. The van der Waals surface area contributed by atoms with Gasteiger partial charge in [0.1, 0.15) is 31.0 Å². The van der Waals surface area contributed by atoms with Gasteiger partial charge in [-0.15, -0.1) is 0 Å². The van der Waals surface area contributed by atoms with E-state index in [1.807, 2.05) is 110 Å². The molecule has 3 aliphatic heterocycles. The predicted octanol–water partition coefficient (Wildman–Crippen LogP) is 5.00. The summed E-state index contributed by atoms with van der Waals surface area (Å²) >= 11 is 0. The number of carbonyl (C=O) groups excluding carboxylic acids is 2. The van der Waals surface area contributed by atoms with Crippen LogP contribution in [0.3, 0.4) is 0 Å². The van der Waals surface area contributed by atoms with Gasteiger partial charge in [0.15, 0.2) is 6.29 Å². The van der Waals surface area contributed by atoms with Gasteiger partial charge in [-0.05, 0) is 61.4 Å². The number of amides is 1. The molecule has 0 saturated carbocycles. The van der Waals surface area contributed by atoms with Crippen LogP contribution in [0.25, 0.3) is 11.1 Å². The second-order valence-electron chi connectivity index (χ2n) is 21.4. The lowest BCUT2D eigenvalue weighted by Gasteiger charge is -2.43. The Kier molecular flexibility index (Phi) is 25.1. The van der Waals surface area contributed by atoms with E-state index in [1.54, 1.807) is 51.2 Å². The van der Waals surface area contributed by atoms with Crippen LogP contribution in [0.4, 0.5) is 4.79 Å². The number of aliphatic hydroxyl groups is 10. The summed E-state index contributed by atoms with van der Waals surface area (Å²) in [5.41, 5.74) is 4.11. The molecule has 438 valence electrons. The van der Waals surface area contributed by atoms with E-state index in [0.29, 0.717) is 0 Å². The summed E-state index contributed by atoms with van der Waals surface area (Å²) in [5, 5.41) is 112. The number of hydrogen-bond acceptors (Lipinski definition) is 17. The van der Waals surface area contributed by atoms with Gasteiger partial charge in [-0.3, -0.25) is 4.79 Å². The molecule has 18 heteroatoms. The Morgan fingerprint density at radius 3 is 1.81 bits per heavy atom. The molecule has 18 unspecified atom stereocenters. The van der Waals surface area contributed by atoms with E-state index in [1.165, 1.54) is 6.08 Å². The molecule has 11 N–H and O–H groups in total. The molecule has 6 rings (SSSR count). The zero-order chi connectivity index (χ0) is 57.9. The third-order valence-corrected chi connectivity index (χ3v) is 15.3. The number of allylic oxidation sites excluding steroid dienone is 12. The highest BCUT2D eigenvalue weighted by Crippen LogP contribution is 2.44. The highest BCUT2D eigenvalue weighted by Gasteiger charge is 2.46. The van der Waals surface area contributed by atoms with Crippen LogP contribution < -0.4 is 5.32 Å². The average Bonchev–Trinajstić information content (AvgIpc) is 3.94. The van der Waals surface area contributed by atoms with Crippen LogP contribution in [0.2, 0.25) is 0 Å². The van der Waals surface area contributed by atoms with Gasteiger partial charge < -0.3 is 80.1 Å². The van der Waals surface area contributed by atoms with E-state index in [9.17, 15) is 60.7 Å². The SMILES string of the molecule is CC1/C=C/C=C/C=C/C=C/C=C/C=C/C=C/C(OC2OC(C)C(O)C(NC(=O)OCC3c4ccccc4-c4ccccc43)C2O)CC2OC(=CC(O)C2CO)CC(O)CC(O)C(O)CCC(O)CC(O)CC(=O)OC(C)C(C)C1O. The summed E-state index contributed by atoms with van der Waals surface area (Å²) in [7, 11) is 0. The predicted molar refractivity (Wildman–Crippen MR) is 299 cm³/mol. The molecule has 18 nitrogen and oxygen atoms in total. The van der Waals surface area contributed by atoms with E-state index in [-0.39, 0.29) is 62.7 Å². The summed E-state index contributed by atoms with van der Waals surface area (Å²) in [4.78, 5) is 26.2. The molecule has 4 aliphatic rings. The van der Waals surface area contributed by atoms with Crippen molar-refractivity contribution in [2.45, 2.75) is 170 Å². The second kappa shape index (κ2) is 31.6. The lowest BCUT2D eigenvalue weighted by Crippen LogP contribution is -2.64. The average molecular weight is 1110 g/mol. The first-order valence-corrected chi connectivity index (χ1v) is 27.8. The van der Waals surface area contributed by atoms with Crippen molar-refractivity contribution >= 4 is 12.1 Å². The van der Waals surface area contributed by atoms with Crippen LogP contribution in [0.5, 0.6) is 0 Å². The topological polar surface area (TPSA) is 295 Å². The first-order chi connectivity index (χ1) is 38.3. The van der Waals surface area contributed by atoms with E-state index in [4.69, 9.17) is 23.7 Å². The van der Waals surface area contributed by atoms with Gasteiger partial charge in [-0.2, -0.15) is 0 Å². The van der Waals surface area contributed by atoms with E-state index in [2.05, 4.69) is 5.32 Å². The number of benzene rings is 2. The van der Waals surface area contributed by atoms with Crippen LogP contribution >= 0.6 is 0 Å². The molecule has 80 heavy (non-hydrogen) atoms. The van der Waals surface area contributed by atoms with Crippen LogP contribution in [0, 0.1) is 17.8 Å². The van der Waals surface area contributed by atoms with Crippen LogP contribution in [-0.2, 0) is 28.5 Å². The van der Waals surface area contributed by atoms with Crippen molar-refractivity contribution in [1.82, 2.24) is 5.32 Å². The fraction of sp³-hybridized carbons (Fsp3) is 0.516. The minimum atomic E-state index is -1.63. The van der Waals surface area contributed by atoms with Crippen LogP contribution in [-0.4, -0.2) is 168 Å². The summed E-state index contributed by atoms with van der Waals surface area (Å²) in [5.74, 6) is -2.43. The molecule has 1 amide bonds. The largest absolute Gasteiger partial charge is 0.494 e. The van der Waals surface area contributed by atoms with Crippen molar-refractivity contribution < 1.29 is 84.3 Å². The Morgan fingerprint density at radius 1 is 0.625 bits per heavy atom. The Bertz CT molecular complexity index is 2480. The molecule has 1 aliphatic carbocycles. The molecule has 1 saturated heterocycles.